The lowest BCUT2D eigenvalue weighted by molar-refractivity contribution is 0.0988. The van der Waals surface area contributed by atoms with E-state index >= 15 is 0 Å². The molecule has 2 nitrogen and oxygen atoms in total. The molecule has 92 valence electrons. The third-order valence-corrected chi connectivity index (χ3v) is 2.84. The number of nitrogens with zero attached hydrogens (tertiary/aromatic N) is 1. The van der Waals surface area contributed by atoms with E-state index in [1.54, 1.807) is 0 Å². The molecule has 0 aliphatic carbocycles. The number of carbonyl (C=O) groups excluding carboxylic acids is 1. The van der Waals surface area contributed by atoms with E-state index < -0.39 is 0 Å². The van der Waals surface area contributed by atoms with Gasteiger partial charge >= 0.3 is 0 Å². The van der Waals surface area contributed by atoms with E-state index in [1.165, 1.54) is 0 Å². The van der Waals surface area contributed by atoms with Gasteiger partial charge in [0, 0.05) is 31.3 Å². The number of unbranched alkanes of at least 4 members (excludes halogenated alkanes) is 1. The van der Waals surface area contributed by atoms with E-state index in [1.807, 2.05) is 44.3 Å². The normalized spacial score (nSPS) is 10.0. The van der Waals surface area contributed by atoms with Crippen molar-refractivity contribution in [1.82, 2.24) is 0 Å². The molecule has 0 amide bonds. The van der Waals surface area contributed by atoms with Gasteiger partial charge in [-0.3, -0.25) is 4.79 Å². The molecule has 0 aromatic heterocycles. The van der Waals surface area contributed by atoms with Crippen molar-refractivity contribution in [2.75, 3.05) is 18.5 Å². The Hall–Kier alpha value is -1.57. The Kier molecular flexibility index (Phi) is 5.47. The number of Topliss-reactive ketones (excluding diaryl/α,β-unsaturated/α-hetero) is 1. The van der Waals surface area contributed by atoms with Gasteiger partial charge in [0.25, 0.3) is 0 Å². The standard InChI is InChI=1S/C15H21NO/c1-4-6-9-12-16(3)14-11-8-7-10-13(14)15(17)5-2/h4,7-8,10-11H,1,5-6,9,12H2,2-3H3. The number of anilines is 1. The summed E-state index contributed by atoms with van der Waals surface area (Å²) >= 11 is 0. The van der Waals surface area contributed by atoms with E-state index in [9.17, 15) is 4.79 Å². The van der Waals surface area contributed by atoms with Crippen LogP contribution in [0.4, 0.5) is 5.69 Å². The first-order chi connectivity index (χ1) is 8.20. The van der Waals surface area contributed by atoms with Crippen molar-refractivity contribution >= 4 is 11.5 Å². The first kappa shape index (κ1) is 13.5. The number of benzene rings is 1. The lowest BCUT2D eigenvalue weighted by Gasteiger charge is -2.21. The summed E-state index contributed by atoms with van der Waals surface area (Å²) < 4.78 is 0. The molecule has 1 aromatic rings. The molecule has 1 rings (SSSR count). The van der Waals surface area contributed by atoms with Crippen molar-refractivity contribution in [2.45, 2.75) is 26.2 Å². The fraction of sp³-hybridized carbons (Fsp3) is 0.400. The van der Waals surface area contributed by atoms with Crippen LogP contribution in [-0.4, -0.2) is 19.4 Å². The van der Waals surface area contributed by atoms with E-state index in [-0.39, 0.29) is 5.78 Å². The molecule has 0 bridgehead atoms. The number of rotatable bonds is 7. The molecule has 17 heavy (non-hydrogen) atoms. The highest BCUT2D eigenvalue weighted by Crippen LogP contribution is 2.21. The fourth-order valence-corrected chi connectivity index (χ4v) is 1.83. The van der Waals surface area contributed by atoms with Crippen LogP contribution in [0.25, 0.3) is 0 Å². The summed E-state index contributed by atoms with van der Waals surface area (Å²) in [5.41, 5.74) is 1.86. The Balaban J connectivity index is 2.81. The largest absolute Gasteiger partial charge is 0.374 e. The zero-order chi connectivity index (χ0) is 12.7. The second kappa shape index (κ2) is 6.89. The molecule has 0 atom stereocenters. The van der Waals surface area contributed by atoms with Gasteiger partial charge in [-0.05, 0) is 25.0 Å². The van der Waals surface area contributed by atoms with Crippen LogP contribution in [0.3, 0.4) is 0 Å². The minimum atomic E-state index is 0.205. The van der Waals surface area contributed by atoms with Gasteiger partial charge in [0.2, 0.25) is 0 Å². The maximum atomic E-state index is 11.8. The molecule has 0 heterocycles. The molecule has 0 radical (unpaired) electrons. The first-order valence-electron chi connectivity index (χ1n) is 6.15. The van der Waals surface area contributed by atoms with Gasteiger partial charge in [0.05, 0.1) is 0 Å². The molecule has 0 unspecified atom stereocenters. The molecule has 0 N–H and O–H groups in total. The number of hydrogen-bond donors (Lipinski definition) is 0. The van der Waals surface area contributed by atoms with Crippen molar-refractivity contribution in [2.24, 2.45) is 0 Å². The third kappa shape index (κ3) is 3.74. The lowest BCUT2D eigenvalue weighted by Crippen LogP contribution is -2.20. The molecule has 0 aliphatic rings. The average Bonchev–Trinajstić information content (AvgIpc) is 2.38. The molecular formula is C15H21NO. The van der Waals surface area contributed by atoms with Crippen LogP contribution < -0.4 is 4.90 Å². The number of carbonyl (C=O) groups is 1. The molecule has 0 fully saturated rings. The van der Waals surface area contributed by atoms with Crippen molar-refractivity contribution in [3.8, 4) is 0 Å². The molecule has 0 saturated heterocycles. The summed E-state index contributed by atoms with van der Waals surface area (Å²) in [6.45, 7) is 6.56. The van der Waals surface area contributed by atoms with E-state index in [0.29, 0.717) is 6.42 Å². The van der Waals surface area contributed by atoms with Gasteiger partial charge in [-0.2, -0.15) is 0 Å². The van der Waals surface area contributed by atoms with Crippen molar-refractivity contribution in [3.63, 3.8) is 0 Å². The summed E-state index contributed by atoms with van der Waals surface area (Å²) in [6, 6.07) is 7.82. The zero-order valence-corrected chi connectivity index (χ0v) is 10.8. The fourth-order valence-electron chi connectivity index (χ4n) is 1.83. The number of hydrogen-bond acceptors (Lipinski definition) is 2. The van der Waals surface area contributed by atoms with Gasteiger partial charge in [-0.1, -0.05) is 25.1 Å². The van der Waals surface area contributed by atoms with Gasteiger partial charge in [0.15, 0.2) is 5.78 Å². The smallest absolute Gasteiger partial charge is 0.164 e. The SMILES string of the molecule is C=CCCCN(C)c1ccccc1C(=O)CC. The highest BCUT2D eigenvalue weighted by atomic mass is 16.1. The highest BCUT2D eigenvalue weighted by Gasteiger charge is 2.11. The van der Waals surface area contributed by atoms with Crippen molar-refractivity contribution in [1.29, 1.82) is 0 Å². The van der Waals surface area contributed by atoms with Crippen LogP contribution in [-0.2, 0) is 0 Å². The van der Waals surface area contributed by atoms with Crippen molar-refractivity contribution < 1.29 is 4.79 Å². The summed E-state index contributed by atoms with van der Waals surface area (Å²) in [5.74, 6) is 0.205. The number of allylic oxidation sites excluding steroid dienone is 1. The molecule has 0 saturated carbocycles. The van der Waals surface area contributed by atoms with Gasteiger partial charge in [-0.25, -0.2) is 0 Å². The summed E-state index contributed by atoms with van der Waals surface area (Å²) in [6.07, 6.45) is 4.55. The summed E-state index contributed by atoms with van der Waals surface area (Å²) in [5, 5.41) is 0. The first-order valence-corrected chi connectivity index (χ1v) is 6.15. The van der Waals surface area contributed by atoms with Crippen LogP contribution in [0.5, 0.6) is 0 Å². The zero-order valence-electron chi connectivity index (χ0n) is 10.8. The van der Waals surface area contributed by atoms with Crippen LogP contribution in [0.1, 0.15) is 36.5 Å². The minimum absolute atomic E-state index is 0.205. The Morgan fingerprint density at radius 2 is 2.12 bits per heavy atom. The molecule has 0 spiro atoms. The number of ketones is 1. The highest BCUT2D eigenvalue weighted by molar-refractivity contribution is 6.01. The third-order valence-electron chi connectivity index (χ3n) is 2.84. The second-order valence-corrected chi connectivity index (χ2v) is 4.15. The van der Waals surface area contributed by atoms with E-state index in [0.717, 1.165) is 30.6 Å². The second-order valence-electron chi connectivity index (χ2n) is 4.15. The maximum Gasteiger partial charge on any atom is 0.164 e. The van der Waals surface area contributed by atoms with Gasteiger partial charge in [-0.15, -0.1) is 6.58 Å². The molecule has 0 aliphatic heterocycles. The van der Waals surface area contributed by atoms with Gasteiger partial charge in [0.1, 0.15) is 0 Å². The minimum Gasteiger partial charge on any atom is -0.374 e. The Morgan fingerprint density at radius 1 is 1.41 bits per heavy atom. The monoisotopic (exact) mass is 231 g/mol. The van der Waals surface area contributed by atoms with Crippen molar-refractivity contribution in [3.05, 3.63) is 42.5 Å². The topological polar surface area (TPSA) is 20.3 Å². The lowest BCUT2D eigenvalue weighted by atomic mass is 10.1. The van der Waals surface area contributed by atoms with E-state index in [2.05, 4.69) is 11.5 Å². The van der Waals surface area contributed by atoms with Crippen LogP contribution in [0.2, 0.25) is 0 Å². The molecular weight excluding hydrogens is 210 g/mol. The molecule has 1 aromatic carbocycles. The van der Waals surface area contributed by atoms with E-state index in [4.69, 9.17) is 0 Å². The van der Waals surface area contributed by atoms with Crippen LogP contribution >= 0.6 is 0 Å². The predicted molar refractivity (Wildman–Crippen MR) is 73.8 cm³/mol. The van der Waals surface area contributed by atoms with Gasteiger partial charge < -0.3 is 4.90 Å². The molecule has 2 heteroatoms. The summed E-state index contributed by atoms with van der Waals surface area (Å²) in [4.78, 5) is 14.0. The Morgan fingerprint density at radius 3 is 2.76 bits per heavy atom. The Labute approximate surface area is 104 Å². The van der Waals surface area contributed by atoms with Crippen LogP contribution in [0, 0.1) is 0 Å². The Bertz CT molecular complexity index is 384. The average molecular weight is 231 g/mol. The summed E-state index contributed by atoms with van der Waals surface area (Å²) in [7, 11) is 2.03. The predicted octanol–water partition coefficient (Wildman–Crippen LogP) is 3.68. The quantitative estimate of drug-likeness (QED) is 0.405. The number of para-hydroxylation sites is 1. The van der Waals surface area contributed by atoms with Crippen LogP contribution in [0.15, 0.2) is 36.9 Å². The maximum absolute atomic E-state index is 11.8.